The predicted octanol–water partition coefficient (Wildman–Crippen LogP) is 5.65. The van der Waals surface area contributed by atoms with E-state index in [2.05, 4.69) is 42.0 Å². The Morgan fingerprint density at radius 3 is 2.24 bits per heavy atom. The quantitative estimate of drug-likeness (QED) is 0.731. The molecule has 2 aromatic carbocycles. The number of hydrogen-bond acceptors (Lipinski definition) is 1. The van der Waals surface area contributed by atoms with Gasteiger partial charge in [0.1, 0.15) is 0 Å². The summed E-state index contributed by atoms with van der Waals surface area (Å²) in [6.45, 7) is 6.43. The van der Waals surface area contributed by atoms with E-state index in [0.717, 1.165) is 4.47 Å². The molecule has 2 nitrogen and oxygen atoms in total. The molecule has 110 valence electrons. The molecule has 0 aliphatic carbocycles. The Kier molecular flexibility index (Phi) is 4.74. The van der Waals surface area contributed by atoms with E-state index in [1.54, 1.807) is 18.2 Å². The van der Waals surface area contributed by atoms with Gasteiger partial charge in [-0.15, -0.1) is 0 Å². The van der Waals surface area contributed by atoms with Crippen LogP contribution in [0.2, 0.25) is 5.02 Å². The molecule has 0 aromatic heterocycles. The van der Waals surface area contributed by atoms with Gasteiger partial charge < -0.3 is 5.32 Å². The van der Waals surface area contributed by atoms with Crippen molar-refractivity contribution in [3.8, 4) is 0 Å². The van der Waals surface area contributed by atoms with Crippen molar-refractivity contribution >= 4 is 39.1 Å². The van der Waals surface area contributed by atoms with Crippen LogP contribution in [0.25, 0.3) is 0 Å². The van der Waals surface area contributed by atoms with Crippen molar-refractivity contribution in [2.75, 3.05) is 5.32 Å². The fourth-order valence-corrected chi connectivity index (χ4v) is 2.33. The molecule has 0 fully saturated rings. The van der Waals surface area contributed by atoms with Crippen molar-refractivity contribution in [3.05, 3.63) is 63.1 Å². The zero-order valence-corrected chi connectivity index (χ0v) is 14.5. The molecule has 1 N–H and O–H groups in total. The molecule has 0 saturated heterocycles. The third-order valence-corrected chi connectivity index (χ3v) is 4.42. The molecular weight excluding hydrogens is 350 g/mol. The minimum Gasteiger partial charge on any atom is -0.322 e. The van der Waals surface area contributed by atoms with Crippen molar-refractivity contribution in [2.24, 2.45) is 0 Å². The van der Waals surface area contributed by atoms with Crippen LogP contribution >= 0.6 is 27.5 Å². The highest BCUT2D eigenvalue weighted by Gasteiger charge is 2.14. The average molecular weight is 367 g/mol. The van der Waals surface area contributed by atoms with Gasteiger partial charge in [-0.25, -0.2) is 0 Å². The minimum absolute atomic E-state index is 0.0776. The second-order valence-electron chi connectivity index (χ2n) is 5.91. The summed E-state index contributed by atoms with van der Waals surface area (Å²) in [7, 11) is 0. The summed E-state index contributed by atoms with van der Waals surface area (Å²) in [5.41, 5.74) is 2.58. The normalized spacial score (nSPS) is 11.3. The SMILES string of the molecule is CC(C)(C)c1ccc(C(=O)Nc2ccc(Br)c(Cl)c2)cc1. The monoisotopic (exact) mass is 365 g/mol. The number of halogens is 2. The lowest BCUT2D eigenvalue weighted by molar-refractivity contribution is 0.102. The molecule has 1 amide bonds. The van der Waals surface area contributed by atoms with Gasteiger partial charge >= 0.3 is 0 Å². The van der Waals surface area contributed by atoms with Crippen LogP contribution in [-0.4, -0.2) is 5.91 Å². The fourth-order valence-electron chi connectivity index (χ4n) is 1.90. The summed E-state index contributed by atoms with van der Waals surface area (Å²) in [5, 5.41) is 3.41. The van der Waals surface area contributed by atoms with Crippen LogP contribution in [0.5, 0.6) is 0 Å². The first-order valence-electron chi connectivity index (χ1n) is 6.64. The highest BCUT2D eigenvalue weighted by atomic mass is 79.9. The first-order valence-corrected chi connectivity index (χ1v) is 7.81. The number of hydrogen-bond donors (Lipinski definition) is 1. The van der Waals surface area contributed by atoms with E-state index in [-0.39, 0.29) is 11.3 Å². The smallest absolute Gasteiger partial charge is 0.255 e. The Bertz CT molecular complexity index is 659. The van der Waals surface area contributed by atoms with Crippen LogP contribution in [0.1, 0.15) is 36.7 Å². The highest BCUT2D eigenvalue weighted by Crippen LogP contribution is 2.26. The summed E-state index contributed by atoms with van der Waals surface area (Å²) in [6, 6.07) is 13.0. The van der Waals surface area contributed by atoms with Gasteiger partial charge in [-0.3, -0.25) is 4.79 Å². The van der Waals surface area contributed by atoms with Crippen molar-refractivity contribution in [2.45, 2.75) is 26.2 Å². The first-order chi connectivity index (χ1) is 9.77. The van der Waals surface area contributed by atoms with Crippen molar-refractivity contribution < 1.29 is 4.79 Å². The molecule has 0 atom stereocenters. The molecule has 0 aliphatic heterocycles. The van der Waals surface area contributed by atoms with E-state index >= 15 is 0 Å². The Labute approximate surface area is 138 Å². The molecule has 0 unspecified atom stereocenters. The van der Waals surface area contributed by atoms with E-state index in [1.165, 1.54) is 5.56 Å². The number of benzene rings is 2. The lowest BCUT2D eigenvalue weighted by Gasteiger charge is -2.19. The Balaban J connectivity index is 2.15. The van der Waals surface area contributed by atoms with Gasteiger partial charge in [0.2, 0.25) is 0 Å². The second-order valence-corrected chi connectivity index (χ2v) is 7.17. The molecule has 0 spiro atoms. The van der Waals surface area contributed by atoms with Crippen LogP contribution in [0.3, 0.4) is 0 Å². The van der Waals surface area contributed by atoms with Gasteiger partial charge in [0, 0.05) is 15.7 Å². The lowest BCUT2D eigenvalue weighted by atomic mass is 9.87. The third kappa shape index (κ3) is 4.08. The maximum atomic E-state index is 12.2. The Morgan fingerprint density at radius 2 is 1.71 bits per heavy atom. The molecular formula is C17H17BrClNO. The van der Waals surface area contributed by atoms with E-state index in [0.29, 0.717) is 16.3 Å². The molecule has 2 rings (SSSR count). The summed E-state index contributed by atoms with van der Waals surface area (Å²) < 4.78 is 0.802. The van der Waals surface area contributed by atoms with E-state index in [9.17, 15) is 4.79 Å². The highest BCUT2D eigenvalue weighted by molar-refractivity contribution is 9.10. The largest absolute Gasteiger partial charge is 0.322 e. The molecule has 2 aromatic rings. The van der Waals surface area contributed by atoms with Gasteiger partial charge in [0.05, 0.1) is 5.02 Å². The van der Waals surface area contributed by atoms with Gasteiger partial charge in [0.25, 0.3) is 5.91 Å². The van der Waals surface area contributed by atoms with Crippen LogP contribution in [0.15, 0.2) is 46.9 Å². The van der Waals surface area contributed by atoms with Crippen LogP contribution in [-0.2, 0) is 5.41 Å². The summed E-state index contributed by atoms with van der Waals surface area (Å²) in [6.07, 6.45) is 0. The molecule has 0 heterocycles. The number of anilines is 1. The number of carbonyl (C=O) groups is 1. The van der Waals surface area contributed by atoms with Gasteiger partial charge in [-0.1, -0.05) is 44.5 Å². The number of amides is 1. The van der Waals surface area contributed by atoms with Crippen LogP contribution in [0, 0.1) is 0 Å². The molecule has 0 bridgehead atoms. The van der Waals surface area contributed by atoms with Crippen molar-refractivity contribution in [3.63, 3.8) is 0 Å². The predicted molar refractivity (Wildman–Crippen MR) is 92.2 cm³/mol. The Hall–Kier alpha value is -1.32. The third-order valence-electron chi connectivity index (χ3n) is 3.19. The van der Waals surface area contributed by atoms with E-state index in [1.807, 2.05) is 24.3 Å². The molecule has 21 heavy (non-hydrogen) atoms. The second kappa shape index (κ2) is 6.20. The molecule has 0 aliphatic rings. The van der Waals surface area contributed by atoms with Gasteiger partial charge in [0.15, 0.2) is 0 Å². The summed E-state index contributed by atoms with van der Waals surface area (Å²) in [5.74, 6) is -0.145. The van der Waals surface area contributed by atoms with E-state index in [4.69, 9.17) is 11.6 Å². The zero-order chi connectivity index (χ0) is 15.6. The Morgan fingerprint density at radius 1 is 1.10 bits per heavy atom. The maximum absolute atomic E-state index is 12.2. The van der Waals surface area contributed by atoms with Gasteiger partial charge in [-0.05, 0) is 57.2 Å². The number of rotatable bonds is 2. The standard InChI is InChI=1S/C17H17BrClNO/c1-17(2,3)12-6-4-11(5-7-12)16(21)20-13-8-9-14(18)15(19)10-13/h4-10H,1-3H3,(H,20,21). The summed E-state index contributed by atoms with van der Waals surface area (Å²) >= 11 is 9.34. The van der Waals surface area contributed by atoms with Gasteiger partial charge in [-0.2, -0.15) is 0 Å². The molecule has 0 saturated carbocycles. The summed E-state index contributed by atoms with van der Waals surface area (Å²) in [4.78, 5) is 12.2. The zero-order valence-electron chi connectivity index (χ0n) is 12.2. The topological polar surface area (TPSA) is 29.1 Å². The van der Waals surface area contributed by atoms with Crippen LogP contribution in [0.4, 0.5) is 5.69 Å². The molecule has 0 radical (unpaired) electrons. The minimum atomic E-state index is -0.145. The maximum Gasteiger partial charge on any atom is 0.255 e. The first kappa shape index (κ1) is 16.1. The van der Waals surface area contributed by atoms with E-state index < -0.39 is 0 Å². The fraction of sp³-hybridized carbons (Fsp3) is 0.235. The average Bonchev–Trinajstić information content (AvgIpc) is 2.42. The van der Waals surface area contributed by atoms with Crippen molar-refractivity contribution in [1.82, 2.24) is 0 Å². The van der Waals surface area contributed by atoms with Crippen molar-refractivity contribution in [1.29, 1.82) is 0 Å². The molecule has 4 heteroatoms. The number of carbonyl (C=O) groups excluding carboxylic acids is 1. The van der Waals surface area contributed by atoms with Crippen LogP contribution < -0.4 is 5.32 Å². The lowest BCUT2D eigenvalue weighted by Crippen LogP contribution is -2.14. The number of nitrogens with one attached hydrogen (secondary N) is 1.